The zero-order chi connectivity index (χ0) is 26.4. The molecule has 0 spiro atoms. The lowest BCUT2D eigenvalue weighted by molar-refractivity contribution is 0.526. The normalized spacial score (nSPS) is 11.6. The molecule has 1 aromatic carbocycles. The van der Waals surface area contributed by atoms with E-state index in [1.807, 2.05) is 6.19 Å². The maximum atomic E-state index is 9.02. The van der Waals surface area contributed by atoms with Gasteiger partial charge in [0, 0.05) is 30.2 Å². The Hall–Kier alpha value is -2.48. The monoisotopic (exact) mass is 507 g/mol. The number of H-pyrrole nitrogens is 1. The van der Waals surface area contributed by atoms with Crippen LogP contribution in [0.5, 0.6) is 0 Å². The SMILES string of the molecule is CCCCCCCCCCCCCCCCCCCN/C(=N\C#N)NCCc1c[nH]c2ccc(C)cc12. The minimum Gasteiger partial charge on any atom is -0.361 e. The van der Waals surface area contributed by atoms with Crippen LogP contribution in [0.1, 0.15) is 127 Å². The number of nitrogens with one attached hydrogen (secondary N) is 3. The first-order valence-corrected chi connectivity index (χ1v) is 15.3. The Labute approximate surface area is 226 Å². The van der Waals surface area contributed by atoms with Crippen LogP contribution in [0.3, 0.4) is 0 Å². The number of guanidine groups is 1. The van der Waals surface area contributed by atoms with E-state index in [-0.39, 0.29) is 0 Å². The Bertz CT molecular complexity index is 908. The molecular weight excluding hydrogens is 454 g/mol. The molecule has 3 N–H and O–H groups in total. The van der Waals surface area contributed by atoms with E-state index in [0.29, 0.717) is 5.96 Å². The molecule has 0 aliphatic carbocycles. The van der Waals surface area contributed by atoms with Crippen LogP contribution in [0.2, 0.25) is 0 Å². The molecule has 0 radical (unpaired) electrons. The number of aromatic nitrogens is 1. The van der Waals surface area contributed by atoms with E-state index in [2.05, 4.69) is 58.9 Å². The van der Waals surface area contributed by atoms with Gasteiger partial charge in [-0.15, -0.1) is 4.99 Å². The second-order valence-electron chi connectivity index (χ2n) is 10.7. The van der Waals surface area contributed by atoms with E-state index in [9.17, 15) is 0 Å². The van der Waals surface area contributed by atoms with Crippen LogP contribution >= 0.6 is 0 Å². The molecule has 2 aromatic rings. The molecule has 206 valence electrons. The van der Waals surface area contributed by atoms with Crippen molar-refractivity contribution in [1.29, 1.82) is 5.26 Å². The molecule has 5 heteroatoms. The molecule has 0 unspecified atom stereocenters. The van der Waals surface area contributed by atoms with Gasteiger partial charge in [0.05, 0.1) is 0 Å². The minimum absolute atomic E-state index is 0.593. The van der Waals surface area contributed by atoms with Crippen molar-refractivity contribution in [3.63, 3.8) is 0 Å². The summed E-state index contributed by atoms with van der Waals surface area (Å²) in [5.74, 6) is 0.593. The number of aliphatic imine (C=N–C) groups is 1. The van der Waals surface area contributed by atoms with Crippen LogP contribution in [0.4, 0.5) is 0 Å². The fraction of sp³-hybridized carbons (Fsp3) is 0.688. The van der Waals surface area contributed by atoms with Crippen LogP contribution in [-0.2, 0) is 6.42 Å². The molecule has 0 saturated heterocycles. The summed E-state index contributed by atoms with van der Waals surface area (Å²) in [4.78, 5) is 7.27. The number of nitriles is 1. The zero-order valence-electron chi connectivity index (χ0n) is 23.8. The summed E-state index contributed by atoms with van der Waals surface area (Å²) in [5.41, 5.74) is 3.72. The molecule has 0 bridgehead atoms. The summed E-state index contributed by atoms with van der Waals surface area (Å²) < 4.78 is 0. The van der Waals surface area contributed by atoms with Crippen molar-refractivity contribution in [2.75, 3.05) is 13.1 Å². The maximum absolute atomic E-state index is 9.02. The number of fused-ring (bicyclic) bond motifs is 1. The number of rotatable bonds is 21. The molecule has 0 aliphatic heterocycles. The molecule has 0 amide bonds. The smallest absolute Gasteiger partial charge is 0.209 e. The van der Waals surface area contributed by atoms with Gasteiger partial charge in [-0.2, -0.15) is 5.26 Å². The number of nitrogens with zero attached hydrogens (tertiary/aromatic N) is 2. The third-order valence-electron chi connectivity index (χ3n) is 7.34. The highest BCUT2D eigenvalue weighted by atomic mass is 15.2. The van der Waals surface area contributed by atoms with Crippen molar-refractivity contribution < 1.29 is 0 Å². The van der Waals surface area contributed by atoms with E-state index in [1.54, 1.807) is 0 Å². The number of hydrogen-bond acceptors (Lipinski definition) is 2. The number of aryl methyl sites for hydroxylation is 1. The molecule has 0 saturated carbocycles. The van der Waals surface area contributed by atoms with Gasteiger partial charge in [-0.05, 0) is 37.5 Å². The topological polar surface area (TPSA) is 76.0 Å². The highest BCUT2D eigenvalue weighted by Crippen LogP contribution is 2.20. The Kier molecular flexibility index (Phi) is 17.1. The molecule has 1 heterocycles. The second-order valence-corrected chi connectivity index (χ2v) is 10.7. The van der Waals surface area contributed by atoms with Crippen LogP contribution in [-0.4, -0.2) is 24.0 Å². The lowest BCUT2D eigenvalue weighted by Gasteiger charge is -2.11. The first kappa shape index (κ1) is 30.7. The predicted octanol–water partition coefficient (Wildman–Crippen LogP) is 8.69. The molecule has 0 aliphatic rings. The van der Waals surface area contributed by atoms with Gasteiger partial charge in [0.2, 0.25) is 12.2 Å². The molecular formula is C32H53N5. The average Bonchev–Trinajstić information content (AvgIpc) is 3.29. The number of hydrogen-bond donors (Lipinski definition) is 3. The quantitative estimate of drug-likeness (QED) is 0.0684. The van der Waals surface area contributed by atoms with Gasteiger partial charge in [-0.25, -0.2) is 0 Å². The van der Waals surface area contributed by atoms with E-state index in [1.165, 1.54) is 125 Å². The van der Waals surface area contributed by atoms with Crippen LogP contribution in [0.15, 0.2) is 29.4 Å². The number of benzene rings is 1. The Morgan fingerprint density at radius 1 is 0.784 bits per heavy atom. The van der Waals surface area contributed by atoms with E-state index >= 15 is 0 Å². The van der Waals surface area contributed by atoms with Crippen LogP contribution in [0.25, 0.3) is 10.9 Å². The van der Waals surface area contributed by atoms with Gasteiger partial charge in [0.25, 0.3) is 0 Å². The van der Waals surface area contributed by atoms with E-state index < -0.39 is 0 Å². The number of aromatic amines is 1. The maximum Gasteiger partial charge on any atom is 0.209 e. The fourth-order valence-electron chi connectivity index (χ4n) is 5.06. The summed E-state index contributed by atoms with van der Waals surface area (Å²) in [5, 5.41) is 16.9. The van der Waals surface area contributed by atoms with Crippen LogP contribution < -0.4 is 10.6 Å². The van der Waals surface area contributed by atoms with Gasteiger partial charge >= 0.3 is 0 Å². The first-order chi connectivity index (χ1) is 18.2. The largest absolute Gasteiger partial charge is 0.361 e. The fourth-order valence-corrected chi connectivity index (χ4v) is 5.06. The van der Waals surface area contributed by atoms with E-state index in [4.69, 9.17) is 5.26 Å². The molecule has 5 nitrogen and oxygen atoms in total. The molecule has 0 atom stereocenters. The predicted molar refractivity (Wildman–Crippen MR) is 160 cm³/mol. The van der Waals surface area contributed by atoms with Crippen molar-refractivity contribution in [3.05, 3.63) is 35.5 Å². The molecule has 37 heavy (non-hydrogen) atoms. The summed E-state index contributed by atoms with van der Waals surface area (Å²) in [6, 6.07) is 6.48. The van der Waals surface area contributed by atoms with E-state index in [0.717, 1.165) is 25.9 Å². The number of unbranched alkanes of at least 4 members (excludes halogenated alkanes) is 16. The molecule has 0 fully saturated rings. The first-order valence-electron chi connectivity index (χ1n) is 15.3. The average molecular weight is 508 g/mol. The van der Waals surface area contributed by atoms with Gasteiger partial charge in [0.15, 0.2) is 0 Å². The standard InChI is InChI=1S/C32H53N5/c1-3-4-5-6-7-8-9-10-11-12-13-14-15-16-17-18-19-23-34-32(37-27-33)35-24-22-29-26-36-31-21-20-28(2)25-30(29)31/h20-21,25-26,36H,3-19,22-24H2,1-2H3,(H2,34,35,37). The lowest BCUT2D eigenvalue weighted by Crippen LogP contribution is -2.38. The van der Waals surface area contributed by atoms with Crippen molar-refractivity contribution in [1.82, 2.24) is 15.6 Å². The van der Waals surface area contributed by atoms with Gasteiger partial charge in [-0.1, -0.05) is 121 Å². The lowest BCUT2D eigenvalue weighted by atomic mass is 10.0. The highest BCUT2D eigenvalue weighted by Gasteiger charge is 2.05. The van der Waals surface area contributed by atoms with Crippen molar-refractivity contribution in [3.8, 4) is 6.19 Å². The Morgan fingerprint density at radius 3 is 1.89 bits per heavy atom. The highest BCUT2D eigenvalue weighted by molar-refractivity contribution is 5.84. The zero-order valence-corrected chi connectivity index (χ0v) is 23.8. The Morgan fingerprint density at radius 2 is 1.32 bits per heavy atom. The third kappa shape index (κ3) is 14.1. The van der Waals surface area contributed by atoms with Gasteiger partial charge in [0.1, 0.15) is 0 Å². The Balaban J connectivity index is 1.41. The van der Waals surface area contributed by atoms with Crippen molar-refractivity contribution >= 4 is 16.9 Å². The van der Waals surface area contributed by atoms with Gasteiger partial charge in [-0.3, -0.25) is 0 Å². The molecule has 1 aromatic heterocycles. The summed E-state index contributed by atoms with van der Waals surface area (Å²) in [6.45, 7) is 6.01. The summed E-state index contributed by atoms with van der Waals surface area (Å²) in [6.07, 6.45) is 28.4. The van der Waals surface area contributed by atoms with Crippen molar-refractivity contribution in [2.24, 2.45) is 4.99 Å². The van der Waals surface area contributed by atoms with Gasteiger partial charge < -0.3 is 15.6 Å². The molecule has 2 rings (SSSR count). The second kappa shape index (κ2) is 20.6. The van der Waals surface area contributed by atoms with Crippen LogP contribution in [0, 0.1) is 18.4 Å². The third-order valence-corrected chi connectivity index (χ3v) is 7.34. The minimum atomic E-state index is 0.593. The summed E-state index contributed by atoms with van der Waals surface area (Å²) >= 11 is 0. The van der Waals surface area contributed by atoms with Crippen molar-refractivity contribution in [2.45, 2.75) is 129 Å². The summed E-state index contributed by atoms with van der Waals surface area (Å²) in [7, 11) is 0.